The molecule has 94 valence electrons. The van der Waals surface area contributed by atoms with Crippen molar-refractivity contribution in [1.29, 1.82) is 0 Å². The lowest BCUT2D eigenvalue weighted by atomic mass is 9.77. The van der Waals surface area contributed by atoms with E-state index in [1.54, 1.807) is 5.56 Å². The maximum atomic E-state index is 5.62. The van der Waals surface area contributed by atoms with E-state index < -0.39 is 0 Å². The van der Waals surface area contributed by atoms with Crippen LogP contribution in [0.1, 0.15) is 56.1 Å². The summed E-state index contributed by atoms with van der Waals surface area (Å²) in [7, 11) is 0. The van der Waals surface area contributed by atoms with Crippen molar-refractivity contribution in [2.45, 2.75) is 51.4 Å². The zero-order valence-corrected chi connectivity index (χ0v) is 11.0. The quantitative estimate of drug-likeness (QED) is 0.836. The van der Waals surface area contributed by atoms with E-state index in [4.69, 9.17) is 5.73 Å². The van der Waals surface area contributed by atoms with Gasteiger partial charge < -0.3 is 5.73 Å². The molecule has 0 bridgehead atoms. The SMILES string of the molecule is CC1CCC(c2ccccc2CCCN)CC1. The maximum Gasteiger partial charge on any atom is -0.00741 e. The summed E-state index contributed by atoms with van der Waals surface area (Å²) in [6.07, 6.45) is 7.81. The Bertz CT molecular complexity index is 337. The molecule has 1 nitrogen and oxygen atoms in total. The minimum atomic E-state index is 0.802. The summed E-state index contributed by atoms with van der Waals surface area (Å²) < 4.78 is 0. The molecule has 0 aliphatic heterocycles. The van der Waals surface area contributed by atoms with Crippen LogP contribution in [0.2, 0.25) is 0 Å². The zero-order chi connectivity index (χ0) is 12.1. The number of hydrogen-bond donors (Lipinski definition) is 1. The van der Waals surface area contributed by atoms with E-state index in [1.165, 1.54) is 31.2 Å². The molecule has 0 atom stereocenters. The third-order valence-corrected chi connectivity index (χ3v) is 4.16. The van der Waals surface area contributed by atoms with Gasteiger partial charge in [0.2, 0.25) is 0 Å². The highest BCUT2D eigenvalue weighted by molar-refractivity contribution is 5.31. The molecular formula is C16H25N. The van der Waals surface area contributed by atoms with E-state index in [2.05, 4.69) is 31.2 Å². The molecule has 1 aliphatic carbocycles. The fourth-order valence-electron chi connectivity index (χ4n) is 3.02. The van der Waals surface area contributed by atoms with Crippen LogP contribution in [-0.2, 0) is 6.42 Å². The van der Waals surface area contributed by atoms with Gasteiger partial charge in [-0.1, -0.05) is 44.0 Å². The minimum absolute atomic E-state index is 0.802. The largest absolute Gasteiger partial charge is 0.330 e. The fraction of sp³-hybridized carbons (Fsp3) is 0.625. The molecule has 2 N–H and O–H groups in total. The van der Waals surface area contributed by atoms with Gasteiger partial charge in [-0.05, 0) is 55.2 Å². The zero-order valence-electron chi connectivity index (χ0n) is 11.0. The van der Waals surface area contributed by atoms with E-state index in [0.717, 1.165) is 31.2 Å². The van der Waals surface area contributed by atoms with E-state index in [1.807, 2.05) is 0 Å². The molecule has 0 saturated heterocycles. The van der Waals surface area contributed by atoms with Crippen molar-refractivity contribution < 1.29 is 0 Å². The Balaban J connectivity index is 2.08. The third kappa shape index (κ3) is 3.32. The molecule has 1 aromatic carbocycles. The van der Waals surface area contributed by atoms with Crippen LogP contribution in [0.15, 0.2) is 24.3 Å². The third-order valence-electron chi connectivity index (χ3n) is 4.16. The molecule has 1 aromatic rings. The molecule has 0 spiro atoms. The van der Waals surface area contributed by atoms with Gasteiger partial charge in [-0.3, -0.25) is 0 Å². The molecule has 0 heterocycles. The number of aryl methyl sites for hydroxylation is 1. The summed E-state index contributed by atoms with van der Waals surface area (Å²) >= 11 is 0. The van der Waals surface area contributed by atoms with E-state index in [9.17, 15) is 0 Å². The van der Waals surface area contributed by atoms with Gasteiger partial charge in [-0.15, -0.1) is 0 Å². The topological polar surface area (TPSA) is 26.0 Å². The Morgan fingerprint density at radius 2 is 1.82 bits per heavy atom. The van der Waals surface area contributed by atoms with Crippen molar-refractivity contribution in [3.8, 4) is 0 Å². The van der Waals surface area contributed by atoms with Crippen molar-refractivity contribution in [2.24, 2.45) is 11.7 Å². The van der Waals surface area contributed by atoms with E-state index in [-0.39, 0.29) is 0 Å². The average molecular weight is 231 g/mol. The molecule has 1 saturated carbocycles. The maximum absolute atomic E-state index is 5.62. The first-order chi connectivity index (χ1) is 8.31. The highest BCUT2D eigenvalue weighted by atomic mass is 14.5. The summed E-state index contributed by atoms with van der Waals surface area (Å²) in [5.74, 6) is 1.74. The van der Waals surface area contributed by atoms with Crippen molar-refractivity contribution in [2.75, 3.05) is 6.54 Å². The van der Waals surface area contributed by atoms with Crippen LogP contribution >= 0.6 is 0 Å². The van der Waals surface area contributed by atoms with Crippen LogP contribution < -0.4 is 5.73 Å². The average Bonchev–Trinajstić information content (AvgIpc) is 2.38. The molecule has 0 amide bonds. The van der Waals surface area contributed by atoms with Crippen molar-refractivity contribution in [1.82, 2.24) is 0 Å². The molecule has 1 heteroatoms. The highest BCUT2D eigenvalue weighted by Crippen LogP contribution is 2.37. The number of nitrogens with two attached hydrogens (primary N) is 1. The van der Waals surface area contributed by atoms with Crippen LogP contribution in [0, 0.1) is 5.92 Å². The first-order valence-corrected chi connectivity index (χ1v) is 7.09. The fourth-order valence-corrected chi connectivity index (χ4v) is 3.02. The molecule has 0 aromatic heterocycles. The minimum Gasteiger partial charge on any atom is -0.330 e. The molecule has 0 unspecified atom stereocenters. The van der Waals surface area contributed by atoms with Crippen LogP contribution in [0.3, 0.4) is 0 Å². The molecule has 0 radical (unpaired) electrons. The van der Waals surface area contributed by atoms with Crippen molar-refractivity contribution in [3.63, 3.8) is 0 Å². The summed E-state index contributed by atoms with van der Waals surface area (Å²) in [4.78, 5) is 0. The van der Waals surface area contributed by atoms with Gasteiger partial charge in [-0.25, -0.2) is 0 Å². The van der Waals surface area contributed by atoms with Gasteiger partial charge in [-0.2, -0.15) is 0 Å². The predicted molar refractivity (Wildman–Crippen MR) is 74.2 cm³/mol. The Labute approximate surface area is 105 Å². The van der Waals surface area contributed by atoms with Crippen molar-refractivity contribution >= 4 is 0 Å². The first kappa shape index (κ1) is 12.6. The van der Waals surface area contributed by atoms with Crippen LogP contribution in [-0.4, -0.2) is 6.54 Å². The Morgan fingerprint density at radius 3 is 2.53 bits per heavy atom. The van der Waals surface area contributed by atoms with Gasteiger partial charge in [0, 0.05) is 0 Å². The summed E-state index contributed by atoms with van der Waals surface area (Å²) in [6.45, 7) is 3.19. The van der Waals surface area contributed by atoms with Gasteiger partial charge in [0.1, 0.15) is 0 Å². The van der Waals surface area contributed by atoms with Gasteiger partial charge in [0.25, 0.3) is 0 Å². The Morgan fingerprint density at radius 1 is 1.12 bits per heavy atom. The number of rotatable bonds is 4. The molecule has 2 rings (SSSR count). The molecular weight excluding hydrogens is 206 g/mol. The monoisotopic (exact) mass is 231 g/mol. The lowest BCUT2D eigenvalue weighted by molar-refractivity contribution is 0.347. The summed E-state index contributed by atoms with van der Waals surface area (Å²) in [6, 6.07) is 9.00. The van der Waals surface area contributed by atoms with E-state index >= 15 is 0 Å². The molecule has 17 heavy (non-hydrogen) atoms. The second kappa shape index (κ2) is 6.20. The van der Waals surface area contributed by atoms with Gasteiger partial charge in [0.15, 0.2) is 0 Å². The lowest BCUT2D eigenvalue weighted by Gasteiger charge is -2.28. The second-order valence-electron chi connectivity index (χ2n) is 5.55. The summed E-state index contributed by atoms with van der Waals surface area (Å²) in [5, 5.41) is 0. The number of benzene rings is 1. The van der Waals surface area contributed by atoms with Crippen LogP contribution in [0.5, 0.6) is 0 Å². The Kier molecular flexibility index (Phi) is 4.61. The normalized spacial score (nSPS) is 24.8. The van der Waals surface area contributed by atoms with E-state index in [0.29, 0.717) is 0 Å². The second-order valence-corrected chi connectivity index (χ2v) is 5.55. The smallest absolute Gasteiger partial charge is 0.00741 e. The molecule has 1 fully saturated rings. The molecule has 1 aliphatic rings. The standard InChI is InChI=1S/C16H25N/c1-13-8-10-15(11-9-13)16-7-3-2-5-14(16)6-4-12-17/h2-3,5,7,13,15H,4,6,8-12,17H2,1H3. The lowest BCUT2D eigenvalue weighted by Crippen LogP contribution is -2.13. The first-order valence-electron chi connectivity index (χ1n) is 7.09. The van der Waals surface area contributed by atoms with Crippen LogP contribution in [0.4, 0.5) is 0 Å². The highest BCUT2D eigenvalue weighted by Gasteiger charge is 2.21. The predicted octanol–water partition coefficient (Wildman–Crippen LogP) is 3.87. The van der Waals surface area contributed by atoms with Gasteiger partial charge >= 0.3 is 0 Å². The van der Waals surface area contributed by atoms with Gasteiger partial charge in [0.05, 0.1) is 0 Å². The summed E-state index contributed by atoms with van der Waals surface area (Å²) in [5.41, 5.74) is 8.77. The van der Waals surface area contributed by atoms with Crippen molar-refractivity contribution in [3.05, 3.63) is 35.4 Å². The Hall–Kier alpha value is -0.820. The number of hydrogen-bond acceptors (Lipinski definition) is 1. The van der Waals surface area contributed by atoms with Crippen LogP contribution in [0.25, 0.3) is 0 Å².